The molecule has 0 aliphatic rings. The molecule has 0 radical (unpaired) electrons. The molecule has 27 heavy (non-hydrogen) atoms. The number of hydrogen-bond acceptors (Lipinski definition) is 7. The van der Waals surface area contributed by atoms with Crippen LogP contribution in [0.15, 0.2) is 46.7 Å². The molecule has 3 amide bonds. The van der Waals surface area contributed by atoms with Crippen molar-refractivity contribution in [1.29, 1.82) is 0 Å². The second kappa shape index (κ2) is 10.3. The van der Waals surface area contributed by atoms with E-state index >= 15 is 0 Å². The second-order valence-electron chi connectivity index (χ2n) is 5.12. The van der Waals surface area contributed by atoms with Crippen LogP contribution in [0.3, 0.4) is 0 Å². The number of thiophene rings is 1. The van der Waals surface area contributed by atoms with Gasteiger partial charge < -0.3 is 21.1 Å². The van der Waals surface area contributed by atoms with Crippen LogP contribution in [0.1, 0.15) is 9.67 Å². The Morgan fingerprint density at radius 1 is 1.11 bits per heavy atom. The number of rotatable bonds is 9. The summed E-state index contributed by atoms with van der Waals surface area (Å²) in [7, 11) is 0. The SMILES string of the molecule is NC(=O)CSc1ccccc1NC(=O)COC(=O)CNC(=O)c1cccs1. The lowest BCUT2D eigenvalue weighted by atomic mass is 10.3. The van der Waals surface area contributed by atoms with Gasteiger partial charge in [0, 0.05) is 4.90 Å². The topological polar surface area (TPSA) is 128 Å². The number of anilines is 1. The van der Waals surface area contributed by atoms with Crippen LogP contribution in [0.2, 0.25) is 0 Å². The Morgan fingerprint density at radius 3 is 2.59 bits per heavy atom. The highest BCUT2D eigenvalue weighted by atomic mass is 32.2. The fraction of sp³-hybridized carbons (Fsp3) is 0.176. The molecule has 1 aromatic carbocycles. The van der Waals surface area contributed by atoms with Gasteiger partial charge in [-0.05, 0) is 23.6 Å². The number of primary amides is 1. The molecule has 1 heterocycles. The summed E-state index contributed by atoms with van der Waals surface area (Å²) < 4.78 is 4.84. The number of hydrogen-bond donors (Lipinski definition) is 3. The van der Waals surface area contributed by atoms with E-state index in [1.807, 2.05) is 0 Å². The summed E-state index contributed by atoms with van der Waals surface area (Å²) in [6, 6.07) is 10.2. The van der Waals surface area contributed by atoms with E-state index in [-0.39, 0.29) is 18.2 Å². The minimum absolute atomic E-state index is 0.0752. The monoisotopic (exact) mass is 407 g/mol. The van der Waals surface area contributed by atoms with Gasteiger partial charge in [-0.3, -0.25) is 19.2 Å². The zero-order valence-electron chi connectivity index (χ0n) is 14.1. The van der Waals surface area contributed by atoms with Crippen molar-refractivity contribution in [3.63, 3.8) is 0 Å². The van der Waals surface area contributed by atoms with Crippen molar-refractivity contribution in [2.75, 3.05) is 24.2 Å². The summed E-state index contributed by atoms with van der Waals surface area (Å²) in [6.45, 7) is -0.836. The first-order valence-corrected chi connectivity index (χ1v) is 9.59. The lowest BCUT2D eigenvalue weighted by molar-refractivity contribution is -0.146. The van der Waals surface area contributed by atoms with Gasteiger partial charge in [-0.2, -0.15) is 0 Å². The summed E-state index contributed by atoms with van der Waals surface area (Å²) in [5, 5.41) is 6.76. The van der Waals surface area contributed by atoms with Crippen LogP contribution in [-0.2, 0) is 19.1 Å². The quantitative estimate of drug-likeness (QED) is 0.424. The zero-order chi connectivity index (χ0) is 19.6. The predicted molar refractivity (Wildman–Crippen MR) is 103 cm³/mol. The van der Waals surface area contributed by atoms with E-state index in [0.29, 0.717) is 15.5 Å². The Hall–Kier alpha value is -2.85. The van der Waals surface area contributed by atoms with Crippen LogP contribution in [0, 0.1) is 0 Å². The van der Waals surface area contributed by atoms with Crippen LogP contribution in [0.4, 0.5) is 5.69 Å². The maximum Gasteiger partial charge on any atom is 0.325 e. The highest BCUT2D eigenvalue weighted by molar-refractivity contribution is 8.00. The third kappa shape index (κ3) is 7.12. The molecule has 0 aliphatic heterocycles. The van der Waals surface area contributed by atoms with E-state index < -0.39 is 24.4 Å². The molecule has 10 heteroatoms. The number of carbonyl (C=O) groups is 4. The van der Waals surface area contributed by atoms with Gasteiger partial charge in [-0.15, -0.1) is 23.1 Å². The molecule has 1 aromatic heterocycles. The molecular weight excluding hydrogens is 390 g/mol. The standard InChI is InChI=1S/C17H17N3O5S2/c18-14(21)10-27-12-5-2-1-4-11(12)20-15(22)9-25-16(23)8-19-17(24)13-6-3-7-26-13/h1-7H,8-10H2,(H2,18,21)(H,19,24)(H,20,22). The number of carbonyl (C=O) groups excluding carboxylic acids is 4. The fourth-order valence-electron chi connectivity index (χ4n) is 1.88. The Bertz CT molecular complexity index is 824. The molecule has 8 nitrogen and oxygen atoms in total. The van der Waals surface area contributed by atoms with Crippen LogP contribution in [-0.4, -0.2) is 42.6 Å². The predicted octanol–water partition coefficient (Wildman–Crippen LogP) is 1.24. The van der Waals surface area contributed by atoms with Crippen LogP contribution in [0.5, 0.6) is 0 Å². The molecule has 2 rings (SSSR count). The van der Waals surface area contributed by atoms with Crippen molar-refractivity contribution in [2.45, 2.75) is 4.90 Å². The van der Waals surface area contributed by atoms with Gasteiger partial charge in [0.1, 0.15) is 6.54 Å². The first-order valence-electron chi connectivity index (χ1n) is 7.73. The smallest absolute Gasteiger partial charge is 0.325 e. The maximum absolute atomic E-state index is 12.0. The number of nitrogens with one attached hydrogen (secondary N) is 2. The minimum Gasteiger partial charge on any atom is -0.454 e. The van der Waals surface area contributed by atoms with Crippen molar-refractivity contribution >= 4 is 52.5 Å². The molecule has 0 saturated heterocycles. The second-order valence-corrected chi connectivity index (χ2v) is 7.08. The molecule has 0 fully saturated rings. The van der Waals surface area contributed by atoms with Gasteiger partial charge >= 0.3 is 5.97 Å². The Kier molecular flexibility index (Phi) is 7.83. The number of ether oxygens (including phenoxy) is 1. The van der Waals surface area contributed by atoms with E-state index in [0.717, 1.165) is 0 Å². The molecule has 4 N–H and O–H groups in total. The normalized spacial score (nSPS) is 10.1. The average molecular weight is 407 g/mol. The average Bonchev–Trinajstić information content (AvgIpc) is 3.18. The molecule has 0 bridgehead atoms. The van der Waals surface area contributed by atoms with Crippen molar-refractivity contribution in [1.82, 2.24) is 5.32 Å². The van der Waals surface area contributed by atoms with Gasteiger partial charge in [-0.25, -0.2) is 0 Å². The molecule has 0 saturated carbocycles. The van der Waals surface area contributed by atoms with Gasteiger partial charge in [-0.1, -0.05) is 18.2 Å². The lowest BCUT2D eigenvalue weighted by Crippen LogP contribution is -2.31. The van der Waals surface area contributed by atoms with E-state index in [2.05, 4.69) is 10.6 Å². The molecule has 142 valence electrons. The van der Waals surface area contributed by atoms with Crippen LogP contribution in [0.25, 0.3) is 0 Å². The zero-order valence-corrected chi connectivity index (χ0v) is 15.7. The lowest BCUT2D eigenvalue weighted by Gasteiger charge is -2.10. The summed E-state index contributed by atoms with van der Waals surface area (Å²) in [5.74, 6) is -2.05. The van der Waals surface area contributed by atoms with Crippen molar-refractivity contribution in [2.24, 2.45) is 5.73 Å². The van der Waals surface area contributed by atoms with Gasteiger partial charge in [0.15, 0.2) is 6.61 Å². The summed E-state index contributed by atoms with van der Waals surface area (Å²) in [6.07, 6.45) is 0. The Balaban J connectivity index is 1.76. The molecular formula is C17H17N3O5S2. The number of esters is 1. The molecule has 0 aliphatic carbocycles. The van der Waals surface area contributed by atoms with E-state index in [4.69, 9.17) is 10.5 Å². The molecule has 0 atom stereocenters. The first kappa shape index (κ1) is 20.5. The van der Waals surface area contributed by atoms with Crippen molar-refractivity contribution in [3.8, 4) is 0 Å². The molecule has 0 spiro atoms. The van der Waals surface area contributed by atoms with Gasteiger partial charge in [0.25, 0.3) is 11.8 Å². The third-order valence-electron chi connectivity index (χ3n) is 3.03. The first-order chi connectivity index (χ1) is 13.0. The fourth-order valence-corrected chi connectivity index (χ4v) is 3.26. The van der Waals surface area contributed by atoms with Crippen molar-refractivity contribution < 1.29 is 23.9 Å². The third-order valence-corrected chi connectivity index (χ3v) is 5.00. The summed E-state index contributed by atoms with van der Waals surface area (Å²) >= 11 is 2.44. The summed E-state index contributed by atoms with van der Waals surface area (Å²) in [5.41, 5.74) is 5.60. The number of amides is 3. The molecule has 2 aromatic rings. The van der Waals surface area contributed by atoms with E-state index in [9.17, 15) is 19.2 Å². The van der Waals surface area contributed by atoms with E-state index in [1.165, 1.54) is 23.1 Å². The number of benzene rings is 1. The Morgan fingerprint density at radius 2 is 1.89 bits per heavy atom. The largest absolute Gasteiger partial charge is 0.454 e. The Labute approximate surface area is 163 Å². The highest BCUT2D eigenvalue weighted by Crippen LogP contribution is 2.26. The number of thioether (sulfide) groups is 1. The van der Waals surface area contributed by atoms with Crippen LogP contribution < -0.4 is 16.4 Å². The molecule has 0 unspecified atom stereocenters. The highest BCUT2D eigenvalue weighted by Gasteiger charge is 2.13. The summed E-state index contributed by atoms with van der Waals surface area (Å²) in [4.78, 5) is 47.4. The van der Waals surface area contributed by atoms with Crippen LogP contribution >= 0.6 is 23.1 Å². The van der Waals surface area contributed by atoms with Gasteiger partial charge in [0.2, 0.25) is 5.91 Å². The van der Waals surface area contributed by atoms with E-state index in [1.54, 1.807) is 41.8 Å². The van der Waals surface area contributed by atoms with Gasteiger partial charge in [0.05, 0.1) is 16.3 Å². The maximum atomic E-state index is 12.0. The number of nitrogens with two attached hydrogens (primary N) is 1. The van der Waals surface area contributed by atoms with Crippen molar-refractivity contribution in [3.05, 3.63) is 46.7 Å². The minimum atomic E-state index is -0.730. The number of para-hydroxylation sites is 1.